The van der Waals surface area contributed by atoms with Gasteiger partial charge in [0.25, 0.3) is 0 Å². The van der Waals surface area contributed by atoms with Crippen LogP contribution >= 0.6 is 0 Å². The molecule has 2 aliphatic rings. The van der Waals surface area contributed by atoms with E-state index in [1.807, 2.05) is 18.7 Å². The van der Waals surface area contributed by atoms with Crippen LogP contribution in [0.25, 0.3) is 0 Å². The zero-order valence-corrected chi connectivity index (χ0v) is 19.1. The third kappa shape index (κ3) is 6.66. The highest BCUT2D eigenvalue weighted by Crippen LogP contribution is 2.40. The van der Waals surface area contributed by atoms with Gasteiger partial charge >= 0.3 is 12.1 Å². The van der Waals surface area contributed by atoms with Crippen molar-refractivity contribution in [2.75, 3.05) is 54.0 Å². The topological polar surface area (TPSA) is 91.1 Å². The average molecular weight is 464 g/mol. The van der Waals surface area contributed by atoms with Crippen LogP contribution in [-0.2, 0) is 27.9 Å². The number of ether oxygens (including phenoxy) is 1. The molecule has 0 bridgehead atoms. The molecule has 1 unspecified atom stereocenters. The van der Waals surface area contributed by atoms with Crippen molar-refractivity contribution < 1.29 is 32.6 Å². The van der Waals surface area contributed by atoms with Gasteiger partial charge in [-0.05, 0) is 32.4 Å². The summed E-state index contributed by atoms with van der Waals surface area (Å²) in [5, 5.41) is 11.6. The largest absolute Gasteiger partial charge is 0.490 e. The summed E-state index contributed by atoms with van der Waals surface area (Å²) in [5.74, 6) is -2.21. The normalized spacial score (nSPS) is 20.6. The lowest BCUT2D eigenvalue weighted by atomic mass is 9.84. The Balaban J connectivity index is 0.000000451. The zero-order chi connectivity index (χ0) is 24.3. The van der Waals surface area contributed by atoms with E-state index in [0.29, 0.717) is 12.5 Å². The van der Waals surface area contributed by atoms with Crippen LogP contribution in [0.5, 0.6) is 0 Å². The molecule has 0 aromatic carbocycles. The number of carboxylic acids is 1. The Morgan fingerprint density at radius 3 is 2.38 bits per heavy atom. The molecule has 9 nitrogen and oxygen atoms in total. The van der Waals surface area contributed by atoms with Crippen molar-refractivity contribution in [2.24, 2.45) is 13.0 Å². The SMILES string of the molecule is Cc1cc(CN2CC3(CC(COCC(=O)N(C)C)CN3C)C2)n(C)n1.O=C(O)C(F)(F)F. The van der Waals surface area contributed by atoms with Crippen molar-refractivity contribution in [3.63, 3.8) is 0 Å². The maximum Gasteiger partial charge on any atom is 0.490 e. The van der Waals surface area contributed by atoms with Crippen LogP contribution in [-0.4, -0.2) is 107 Å². The predicted molar refractivity (Wildman–Crippen MR) is 110 cm³/mol. The molecule has 32 heavy (non-hydrogen) atoms. The summed E-state index contributed by atoms with van der Waals surface area (Å²) in [6, 6.07) is 2.17. The van der Waals surface area contributed by atoms with Crippen LogP contribution < -0.4 is 0 Å². The fourth-order valence-electron chi connectivity index (χ4n) is 4.20. The molecule has 3 heterocycles. The first kappa shape index (κ1) is 26.1. The number of likely N-dealkylation sites (tertiary alicyclic amines) is 2. The summed E-state index contributed by atoms with van der Waals surface area (Å²) in [4.78, 5) is 27.0. The van der Waals surface area contributed by atoms with E-state index in [0.717, 1.165) is 38.3 Å². The number of nitrogens with zero attached hydrogens (tertiary/aromatic N) is 5. The summed E-state index contributed by atoms with van der Waals surface area (Å²) in [5.41, 5.74) is 2.64. The second-order valence-corrected chi connectivity index (χ2v) is 8.83. The third-order valence-electron chi connectivity index (χ3n) is 5.85. The van der Waals surface area contributed by atoms with Crippen LogP contribution in [0.3, 0.4) is 0 Å². The molecule has 1 amide bonds. The molecule has 2 fully saturated rings. The van der Waals surface area contributed by atoms with Gasteiger partial charge in [0.05, 0.1) is 18.0 Å². The van der Waals surface area contributed by atoms with E-state index < -0.39 is 12.1 Å². The van der Waals surface area contributed by atoms with E-state index in [4.69, 9.17) is 14.6 Å². The highest BCUT2D eigenvalue weighted by molar-refractivity contribution is 5.76. The van der Waals surface area contributed by atoms with Gasteiger partial charge in [0.15, 0.2) is 0 Å². The fourth-order valence-corrected chi connectivity index (χ4v) is 4.20. The summed E-state index contributed by atoms with van der Waals surface area (Å²) >= 11 is 0. The maximum atomic E-state index is 11.6. The van der Waals surface area contributed by atoms with E-state index in [9.17, 15) is 18.0 Å². The molecule has 3 rings (SSSR count). The van der Waals surface area contributed by atoms with E-state index in [2.05, 4.69) is 28.0 Å². The van der Waals surface area contributed by atoms with Crippen LogP contribution in [0.1, 0.15) is 17.8 Å². The number of aromatic nitrogens is 2. The Kier molecular flexibility index (Phi) is 8.29. The minimum atomic E-state index is -5.08. The Labute approximate surface area is 185 Å². The van der Waals surface area contributed by atoms with Gasteiger partial charge in [0, 0.05) is 52.9 Å². The van der Waals surface area contributed by atoms with Crippen LogP contribution in [0.2, 0.25) is 0 Å². The summed E-state index contributed by atoms with van der Waals surface area (Å²) in [6.45, 7) is 7.11. The first-order valence-corrected chi connectivity index (χ1v) is 10.2. The minimum absolute atomic E-state index is 0.0300. The number of carboxylic acid groups (broad SMARTS) is 1. The van der Waals surface area contributed by atoms with Gasteiger partial charge in [-0.1, -0.05) is 0 Å². The summed E-state index contributed by atoms with van der Waals surface area (Å²) in [7, 11) is 7.76. The number of halogens is 3. The molecule has 0 aliphatic carbocycles. The summed E-state index contributed by atoms with van der Waals surface area (Å²) in [6.07, 6.45) is -3.93. The molecular weight excluding hydrogens is 431 g/mol. The number of carbonyl (C=O) groups is 2. The Bertz CT molecular complexity index is 806. The van der Waals surface area contributed by atoms with Crippen molar-refractivity contribution in [2.45, 2.75) is 31.6 Å². The van der Waals surface area contributed by atoms with E-state index in [1.165, 1.54) is 5.69 Å². The van der Waals surface area contributed by atoms with Crippen molar-refractivity contribution in [3.05, 3.63) is 17.5 Å². The number of aryl methyl sites for hydroxylation is 2. The van der Waals surface area contributed by atoms with Crippen molar-refractivity contribution in [1.82, 2.24) is 24.5 Å². The predicted octanol–water partition coefficient (Wildman–Crippen LogP) is 0.973. The minimum Gasteiger partial charge on any atom is -0.475 e. The lowest BCUT2D eigenvalue weighted by Crippen LogP contribution is -2.66. The first-order chi connectivity index (χ1) is 14.7. The molecule has 1 aromatic heterocycles. The summed E-state index contributed by atoms with van der Waals surface area (Å²) < 4.78 is 39.4. The molecule has 0 radical (unpaired) electrons. The van der Waals surface area contributed by atoms with Gasteiger partial charge in [0.2, 0.25) is 5.91 Å². The Morgan fingerprint density at radius 1 is 1.31 bits per heavy atom. The fraction of sp³-hybridized carbons (Fsp3) is 0.750. The number of carbonyl (C=O) groups excluding carboxylic acids is 1. The van der Waals surface area contributed by atoms with Crippen molar-refractivity contribution in [1.29, 1.82) is 0 Å². The van der Waals surface area contributed by atoms with E-state index >= 15 is 0 Å². The van der Waals surface area contributed by atoms with Crippen LogP contribution in [0.4, 0.5) is 13.2 Å². The quantitative estimate of drug-likeness (QED) is 0.672. The maximum absolute atomic E-state index is 11.6. The van der Waals surface area contributed by atoms with Gasteiger partial charge in [-0.25, -0.2) is 4.79 Å². The average Bonchev–Trinajstić information content (AvgIpc) is 3.13. The van der Waals surface area contributed by atoms with E-state index in [-0.39, 0.29) is 18.1 Å². The molecule has 0 saturated carbocycles. The molecule has 12 heteroatoms. The second kappa shape index (κ2) is 10.2. The van der Waals surface area contributed by atoms with Gasteiger partial charge in [-0.15, -0.1) is 0 Å². The van der Waals surface area contributed by atoms with Crippen molar-refractivity contribution >= 4 is 11.9 Å². The van der Waals surface area contributed by atoms with E-state index in [1.54, 1.807) is 19.0 Å². The molecule has 1 atom stereocenters. The lowest BCUT2D eigenvalue weighted by molar-refractivity contribution is -0.192. The smallest absolute Gasteiger partial charge is 0.475 e. The second-order valence-electron chi connectivity index (χ2n) is 8.83. The zero-order valence-electron chi connectivity index (χ0n) is 19.1. The Hall–Kier alpha value is -2.18. The van der Waals surface area contributed by atoms with Crippen LogP contribution in [0, 0.1) is 12.8 Å². The number of alkyl halides is 3. The molecule has 2 saturated heterocycles. The molecule has 1 spiro atoms. The molecule has 1 N–H and O–H groups in total. The number of amides is 1. The highest BCUT2D eigenvalue weighted by atomic mass is 19.4. The van der Waals surface area contributed by atoms with Gasteiger partial charge in [-0.3, -0.25) is 19.3 Å². The molecule has 1 aromatic rings. The van der Waals surface area contributed by atoms with Gasteiger partial charge in [-0.2, -0.15) is 18.3 Å². The molecule has 2 aliphatic heterocycles. The monoisotopic (exact) mass is 463 g/mol. The highest BCUT2D eigenvalue weighted by Gasteiger charge is 2.51. The van der Waals surface area contributed by atoms with Crippen LogP contribution in [0.15, 0.2) is 6.07 Å². The van der Waals surface area contributed by atoms with Gasteiger partial charge in [0.1, 0.15) is 6.61 Å². The lowest BCUT2D eigenvalue weighted by Gasteiger charge is -2.52. The first-order valence-electron chi connectivity index (χ1n) is 10.2. The van der Waals surface area contributed by atoms with Crippen molar-refractivity contribution in [3.8, 4) is 0 Å². The van der Waals surface area contributed by atoms with Gasteiger partial charge < -0.3 is 14.7 Å². The number of hydrogen-bond acceptors (Lipinski definition) is 6. The number of rotatable bonds is 6. The Morgan fingerprint density at radius 2 is 1.91 bits per heavy atom. The number of aliphatic carboxylic acids is 1. The number of hydrogen-bond donors (Lipinski definition) is 1. The molecular formula is C20H32F3N5O4. The molecule has 182 valence electrons. The standard InChI is InChI=1S/C18H31N5O2.C2HF3O2/c1-14-6-16(22(5)19-14)9-23-12-18(13-23)7-15(8-21(18)4)10-25-11-17(24)20(2)3;3-2(4,5)1(6)7/h6,15H,7-13H2,1-5H3;(H,6,7). The third-order valence-corrected chi connectivity index (χ3v) is 5.85. The number of likely N-dealkylation sites (N-methyl/N-ethyl adjacent to an activating group) is 2.